The second-order valence-corrected chi connectivity index (χ2v) is 8.88. The van der Waals surface area contributed by atoms with Gasteiger partial charge in [-0.1, -0.05) is 49.6 Å². The molecule has 2 fully saturated rings. The summed E-state index contributed by atoms with van der Waals surface area (Å²) in [5, 5.41) is 0. The van der Waals surface area contributed by atoms with Crippen molar-refractivity contribution in [3.8, 4) is 0 Å². The fourth-order valence-corrected chi connectivity index (χ4v) is 4.73. The van der Waals surface area contributed by atoms with Crippen LogP contribution in [0, 0.1) is 13.8 Å². The summed E-state index contributed by atoms with van der Waals surface area (Å²) in [7, 11) is 0. The molecule has 1 atom stereocenters. The summed E-state index contributed by atoms with van der Waals surface area (Å²) >= 11 is 0. The van der Waals surface area contributed by atoms with Gasteiger partial charge in [-0.2, -0.15) is 0 Å². The molecule has 2 aromatic rings. The molecular formula is C25H32N4O3. The van der Waals surface area contributed by atoms with Crippen molar-refractivity contribution in [1.82, 2.24) is 19.8 Å². The van der Waals surface area contributed by atoms with Crippen LogP contribution in [0.25, 0.3) is 0 Å². The van der Waals surface area contributed by atoms with Gasteiger partial charge >= 0.3 is 0 Å². The van der Waals surface area contributed by atoms with Gasteiger partial charge in [-0.25, -0.2) is 9.97 Å². The van der Waals surface area contributed by atoms with Gasteiger partial charge in [0.15, 0.2) is 0 Å². The van der Waals surface area contributed by atoms with E-state index in [1.807, 2.05) is 42.2 Å². The maximum Gasteiger partial charge on any atom is 0.273 e. The minimum absolute atomic E-state index is 0.00133. The molecule has 170 valence electrons. The number of aromatic nitrogens is 2. The number of nitrogens with zero attached hydrogens (tertiary/aromatic N) is 4. The predicted molar refractivity (Wildman–Crippen MR) is 121 cm³/mol. The molecule has 1 aromatic heterocycles. The van der Waals surface area contributed by atoms with Gasteiger partial charge in [0.1, 0.15) is 18.1 Å². The third-order valence-electron chi connectivity index (χ3n) is 6.29. The van der Waals surface area contributed by atoms with E-state index in [9.17, 15) is 9.59 Å². The Morgan fingerprint density at radius 2 is 1.81 bits per heavy atom. The van der Waals surface area contributed by atoms with Crippen molar-refractivity contribution in [2.75, 3.05) is 19.6 Å². The van der Waals surface area contributed by atoms with Crippen LogP contribution in [0.5, 0.6) is 0 Å². The van der Waals surface area contributed by atoms with Gasteiger partial charge in [0.2, 0.25) is 5.91 Å². The molecule has 1 aliphatic carbocycles. The lowest BCUT2D eigenvalue weighted by Gasteiger charge is -2.34. The first-order valence-electron chi connectivity index (χ1n) is 11.6. The largest absolute Gasteiger partial charge is 0.370 e. The van der Waals surface area contributed by atoms with E-state index in [4.69, 9.17) is 4.74 Å². The van der Waals surface area contributed by atoms with Crippen molar-refractivity contribution in [1.29, 1.82) is 0 Å². The topological polar surface area (TPSA) is 75.6 Å². The highest BCUT2D eigenvalue weighted by atomic mass is 16.5. The lowest BCUT2D eigenvalue weighted by atomic mass is 9.94. The number of aryl methyl sites for hydroxylation is 2. The van der Waals surface area contributed by atoms with Crippen LogP contribution in [-0.4, -0.2) is 63.4 Å². The summed E-state index contributed by atoms with van der Waals surface area (Å²) in [5.74, 6) is 0.305. The van der Waals surface area contributed by atoms with Gasteiger partial charge in [-0.05, 0) is 38.3 Å². The van der Waals surface area contributed by atoms with Gasteiger partial charge in [0.05, 0.1) is 12.7 Å². The van der Waals surface area contributed by atoms with Gasteiger partial charge < -0.3 is 14.5 Å². The number of carbonyl (C=O) groups is 2. The molecule has 2 heterocycles. The quantitative estimate of drug-likeness (QED) is 0.719. The zero-order chi connectivity index (χ0) is 22.5. The third kappa shape index (κ3) is 5.51. The Balaban J connectivity index is 1.55. The van der Waals surface area contributed by atoms with E-state index in [0.29, 0.717) is 31.2 Å². The Hall–Kier alpha value is -2.80. The van der Waals surface area contributed by atoms with Gasteiger partial charge in [0.25, 0.3) is 5.91 Å². The molecule has 1 aliphatic heterocycles. The van der Waals surface area contributed by atoms with E-state index in [1.54, 1.807) is 17.9 Å². The van der Waals surface area contributed by atoms with Crippen LogP contribution in [-0.2, 0) is 16.1 Å². The zero-order valence-corrected chi connectivity index (χ0v) is 19.0. The van der Waals surface area contributed by atoms with Crippen LogP contribution in [0.15, 0.2) is 36.4 Å². The molecule has 2 aliphatic rings. The fourth-order valence-electron chi connectivity index (χ4n) is 4.73. The number of carbonyl (C=O) groups excluding carboxylic acids is 2. The third-order valence-corrected chi connectivity index (χ3v) is 6.29. The molecule has 1 aromatic carbocycles. The highest BCUT2D eigenvalue weighted by Crippen LogP contribution is 2.25. The fraction of sp³-hybridized carbons (Fsp3) is 0.520. The number of rotatable bonds is 5. The number of hydrogen-bond donors (Lipinski definition) is 0. The highest BCUT2D eigenvalue weighted by molar-refractivity contribution is 5.95. The van der Waals surface area contributed by atoms with Gasteiger partial charge in [-0.3, -0.25) is 9.59 Å². The molecule has 7 nitrogen and oxygen atoms in total. The second kappa shape index (κ2) is 10.2. The van der Waals surface area contributed by atoms with Crippen molar-refractivity contribution in [2.24, 2.45) is 0 Å². The summed E-state index contributed by atoms with van der Waals surface area (Å²) in [6.07, 6.45) is 5.31. The minimum Gasteiger partial charge on any atom is -0.370 e. The summed E-state index contributed by atoms with van der Waals surface area (Å²) < 4.78 is 6.26. The first-order valence-corrected chi connectivity index (χ1v) is 11.6. The molecule has 0 spiro atoms. The molecule has 2 amide bonds. The lowest BCUT2D eigenvalue weighted by Crippen LogP contribution is -2.46. The average Bonchev–Trinajstić information content (AvgIpc) is 2.96. The first-order chi connectivity index (χ1) is 15.5. The smallest absolute Gasteiger partial charge is 0.273 e. The average molecular weight is 437 g/mol. The van der Waals surface area contributed by atoms with Crippen LogP contribution in [0.4, 0.5) is 0 Å². The monoisotopic (exact) mass is 436 g/mol. The molecule has 0 bridgehead atoms. The Labute approximate surface area is 189 Å². The number of benzene rings is 1. The standard InChI is InChI=1S/C25H32N4O3/c1-18-13-23(27-19(2)26-18)25(31)28-14-22(32-17-20-9-5-3-6-10-20)15-29(24(30)16-28)21-11-7-4-8-12-21/h3,5-6,9-10,13,21-22H,4,7-8,11-12,14-17H2,1-2H3. The van der Waals surface area contributed by atoms with Crippen LogP contribution >= 0.6 is 0 Å². The van der Waals surface area contributed by atoms with E-state index < -0.39 is 0 Å². The van der Waals surface area contributed by atoms with E-state index in [2.05, 4.69) is 9.97 Å². The number of ether oxygens (including phenoxy) is 1. The van der Waals surface area contributed by atoms with Crippen molar-refractivity contribution in [3.05, 3.63) is 59.2 Å². The second-order valence-electron chi connectivity index (χ2n) is 8.88. The summed E-state index contributed by atoms with van der Waals surface area (Å²) in [4.78, 5) is 38.7. The van der Waals surface area contributed by atoms with Crippen molar-refractivity contribution in [3.63, 3.8) is 0 Å². The molecule has 4 rings (SSSR count). The van der Waals surface area contributed by atoms with Crippen molar-refractivity contribution in [2.45, 2.75) is 64.7 Å². The molecule has 7 heteroatoms. The highest BCUT2D eigenvalue weighted by Gasteiger charge is 2.35. The van der Waals surface area contributed by atoms with E-state index in [1.165, 1.54) is 6.42 Å². The van der Waals surface area contributed by atoms with Crippen LogP contribution in [0.1, 0.15) is 59.7 Å². The zero-order valence-electron chi connectivity index (χ0n) is 19.0. The molecule has 0 N–H and O–H groups in total. The molecular weight excluding hydrogens is 404 g/mol. The number of amides is 2. The Morgan fingerprint density at radius 1 is 1.06 bits per heavy atom. The van der Waals surface area contributed by atoms with E-state index in [-0.39, 0.29) is 30.5 Å². The molecule has 1 saturated carbocycles. The minimum atomic E-state index is -0.253. The molecule has 1 saturated heterocycles. The SMILES string of the molecule is Cc1cc(C(=O)N2CC(=O)N(C3CCCCC3)CC(OCc3ccccc3)C2)nc(C)n1. The van der Waals surface area contributed by atoms with Gasteiger partial charge in [-0.15, -0.1) is 0 Å². The summed E-state index contributed by atoms with van der Waals surface area (Å²) in [5.41, 5.74) is 2.14. The van der Waals surface area contributed by atoms with Crippen LogP contribution in [0.2, 0.25) is 0 Å². The Kier molecular flexibility index (Phi) is 7.15. The first kappa shape index (κ1) is 22.4. The van der Waals surface area contributed by atoms with Crippen molar-refractivity contribution >= 4 is 11.8 Å². The van der Waals surface area contributed by atoms with E-state index in [0.717, 1.165) is 36.9 Å². The Bertz CT molecular complexity index is 923. The van der Waals surface area contributed by atoms with Crippen LogP contribution in [0.3, 0.4) is 0 Å². The molecule has 1 unspecified atom stereocenters. The summed E-state index contributed by atoms with van der Waals surface area (Å²) in [6.45, 7) is 5.00. The van der Waals surface area contributed by atoms with Crippen molar-refractivity contribution < 1.29 is 14.3 Å². The molecule has 0 radical (unpaired) electrons. The Morgan fingerprint density at radius 3 is 2.53 bits per heavy atom. The maximum atomic E-state index is 13.3. The van der Waals surface area contributed by atoms with Crippen LogP contribution < -0.4 is 0 Å². The number of hydrogen-bond acceptors (Lipinski definition) is 5. The maximum absolute atomic E-state index is 13.3. The van der Waals surface area contributed by atoms with Gasteiger partial charge in [0, 0.05) is 24.8 Å². The molecule has 32 heavy (non-hydrogen) atoms. The predicted octanol–water partition coefficient (Wildman–Crippen LogP) is 3.30. The lowest BCUT2D eigenvalue weighted by molar-refractivity contribution is -0.134. The summed E-state index contributed by atoms with van der Waals surface area (Å²) in [6, 6.07) is 11.9. The van der Waals surface area contributed by atoms with E-state index >= 15 is 0 Å². The normalized spacial score (nSPS) is 20.3.